The van der Waals surface area contributed by atoms with Crippen molar-refractivity contribution in [2.75, 3.05) is 11.6 Å². The van der Waals surface area contributed by atoms with Crippen LogP contribution in [0.2, 0.25) is 5.02 Å². The normalized spacial score (nSPS) is 11.2. The molecule has 0 aliphatic rings. The molecule has 116 valence electrons. The lowest BCUT2D eigenvalue weighted by Crippen LogP contribution is -2.14. The Morgan fingerprint density at radius 2 is 1.86 bits per heavy atom. The first-order valence-corrected chi connectivity index (χ1v) is 9.03. The topological polar surface area (TPSA) is 63.2 Å². The zero-order valence-electron chi connectivity index (χ0n) is 12.3. The van der Waals surface area contributed by atoms with E-state index in [1.165, 1.54) is 0 Å². The van der Waals surface area contributed by atoms with Crippen LogP contribution in [0.15, 0.2) is 42.5 Å². The summed E-state index contributed by atoms with van der Waals surface area (Å²) in [5, 5.41) is 3.34. The van der Waals surface area contributed by atoms with Gasteiger partial charge in [0.2, 0.25) is 0 Å². The molecule has 0 heterocycles. The van der Waals surface area contributed by atoms with E-state index in [0.717, 1.165) is 11.8 Å². The molecule has 6 heteroatoms. The van der Waals surface area contributed by atoms with E-state index in [1.54, 1.807) is 42.5 Å². The number of para-hydroxylation sites is 1. The van der Waals surface area contributed by atoms with E-state index in [-0.39, 0.29) is 11.7 Å². The minimum Gasteiger partial charge on any atom is -0.322 e. The van der Waals surface area contributed by atoms with Gasteiger partial charge in [0, 0.05) is 22.5 Å². The molecular weight excluding hydrogens is 322 g/mol. The van der Waals surface area contributed by atoms with E-state index in [4.69, 9.17) is 11.6 Å². The number of hydrogen-bond donors (Lipinski definition) is 1. The maximum atomic E-state index is 12.3. The first-order chi connectivity index (χ1) is 10.3. The fourth-order valence-corrected chi connectivity index (χ4v) is 2.97. The molecule has 2 aromatic carbocycles. The molecule has 0 atom stereocenters. The first kappa shape index (κ1) is 16.5. The van der Waals surface area contributed by atoms with Crippen LogP contribution in [0.5, 0.6) is 0 Å². The molecule has 4 nitrogen and oxygen atoms in total. The highest BCUT2D eigenvalue weighted by molar-refractivity contribution is 7.89. The molecule has 1 N–H and O–H groups in total. The lowest BCUT2D eigenvalue weighted by molar-refractivity contribution is 0.102. The van der Waals surface area contributed by atoms with Gasteiger partial charge in [-0.25, -0.2) is 8.42 Å². The van der Waals surface area contributed by atoms with Gasteiger partial charge < -0.3 is 5.32 Å². The monoisotopic (exact) mass is 337 g/mol. The van der Waals surface area contributed by atoms with E-state index in [2.05, 4.69) is 5.32 Å². The Morgan fingerprint density at radius 1 is 1.18 bits per heavy atom. The number of rotatable bonds is 4. The predicted molar refractivity (Wildman–Crippen MR) is 89.1 cm³/mol. The Balaban J connectivity index is 2.27. The molecule has 0 radical (unpaired) electrons. The summed E-state index contributed by atoms with van der Waals surface area (Å²) in [5.41, 5.74) is 2.32. The number of hydrogen-bond acceptors (Lipinski definition) is 3. The smallest absolute Gasteiger partial charge is 0.255 e. The van der Waals surface area contributed by atoms with Gasteiger partial charge >= 0.3 is 0 Å². The van der Waals surface area contributed by atoms with Crippen molar-refractivity contribution in [2.24, 2.45) is 0 Å². The summed E-state index contributed by atoms with van der Waals surface area (Å²) in [6.07, 6.45) is 1.16. The number of sulfone groups is 1. The molecule has 0 fully saturated rings. The molecular formula is C16H16ClNO3S. The van der Waals surface area contributed by atoms with Crippen molar-refractivity contribution in [2.45, 2.75) is 12.7 Å². The summed E-state index contributed by atoms with van der Waals surface area (Å²) < 4.78 is 22.9. The van der Waals surface area contributed by atoms with E-state index < -0.39 is 9.84 Å². The van der Waals surface area contributed by atoms with Crippen LogP contribution in [0.25, 0.3) is 0 Å². The number of halogens is 1. The second kappa shape index (κ2) is 6.50. The third-order valence-electron chi connectivity index (χ3n) is 3.10. The molecule has 0 bridgehead atoms. The van der Waals surface area contributed by atoms with Gasteiger partial charge in [-0.3, -0.25) is 4.79 Å². The Labute approximate surface area is 135 Å². The number of carbonyl (C=O) groups is 1. The molecule has 0 unspecified atom stereocenters. The van der Waals surface area contributed by atoms with Crippen molar-refractivity contribution in [3.63, 3.8) is 0 Å². The number of nitrogens with one attached hydrogen (secondary N) is 1. The zero-order chi connectivity index (χ0) is 16.3. The third-order valence-corrected chi connectivity index (χ3v) is 4.36. The molecule has 0 saturated heterocycles. The lowest BCUT2D eigenvalue weighted by atomic mass is 10.1. The van der Waals surface area contributed by atoms with Crippen LogP contribution >= 0.6 is 11.6 Å². The molecule has 0 saturated carbocycles. The minimum atomic E-state index is -3.18. The molecule has 0 spiro atoms. The quantitative estimate of drug-likeness (QED) is 0.929. The molecule has 22 heavy (non-hydrogen) atoms. The van der Waals surface area contributed by atoms with E-state index >= 15 is 0 Å². The molecule has 1 amide bonds. The first-order valence-electron chi connectivity index (χ1n) is 6.59. The van der Waals surface area contributed by atoms with Crippen LogP contribution < -0.4 is 5.32 Å². The van der Waals surface area contributed by atoms with Crippen molar-refractivity contribution in [1.29, 1.82) is 0 Å². The Hall–Kier alpha value is -1.85. The molecule has 2 rings (SSSR count). The maximum Gasteiger partial charge on any atom is 0.255 e. The Bertz CT molecular complexity index is 816. The number of benzene rings is 2. The van der Waals surface area contributed by atoms with Crippen molar-refractivity contribution < 1.29 is 13.2 Å². The summed E-state index contributed by atoms with van der Waals surface area (Å²) in [5.74, 6) is -0.427. The highest BCUT2D eigenvalue weighted by Gasteiger charge is 2.13. The maximum absolute atomic E-state index is 12.3. The lowest BCUT2D eigenvalue weighted by Gasteiger charge is -2.11. The van der Waals surface area contributed by atoms with Gasteiger partial charge in [-0.2, -0.15) is 0 Å². The van der Waals surface area contributed by atoms with Crippen LogP contribution in [0.4, 0.5) is 5.69 Å². The number of amides is 1. The number of anilines is 1. The summed E-state index contributed by atoms with van der Waals surface area (Å²) >= 11 is 5.94. The van der Waals surface area contributed by atoms with Gasteiger partial charge in [0.25, 0.3) is 5.91 Å². The van der Waals surface area contributed by atoms with Crippen molar-refractivity contribution in [1.82, 2.24) is 0 Å². The minimum absolute atomic E-state index is 0.122. The van der Waals surface area contributed by atoms with Gasteiger partial charge in [0.1, 0.15) is 0 Å². The average Bonchev–Trinajstić information content (AvgIpc) is 2.42. The predicted octanol–water partition coefficient (Wildman–Crippen LogP) is 3.45. The highest BCUT2D eigenvalue weighted by atomic mass is 35.5. The number of carbonyl (C=O) groups excluding carboxylic acids is 1. The second-order valence-electron chi connectivity index (χ2n) is 5.15. The van der Waals surface area contributed by atoms with Crippen molar-refractivity contribution in [3.05, 3.63) is 64.2 Å². The highest BCUT2D eigenvalue weighted by Crippen LogP contribution is 2.20. The molecule has 0 aromatic heterocycles. The van der Waals surface area contributed by atoms with Gasteiger partial charge in [0.05, 0.1) is 5.75 Å². The number of aryl methyl sites for hydroxylation is 1. The largest absolute Gasteiger partial charge is 0.322 e. The van der Waals surface area contributed by atoms with Crippen LogP contribution in [-0.4, -0.2) is 20.6 Å². The molecule has 2 aromatic rings. The zero-order valence-corrected chi connectivity index (χ0v) is 13.8. The summed E-state index contributed by atoms with van der Waals surface area (Å²) in [6, 6.07) is 11.8. The van der Waals surface area contributed by atoms with Crippen LogP contribution in [0.3, 0.4) is 0 Å². The van der Waals surface area contributed by atoms with Crippen molar-refractivity contribution in [3.8, 4) is 0 Å². The fourth-order valence-electron chi connectivity index (χ4n) is 2.03. The van der Waals surface area contributed by atoms with Gasteiger partial charge in [0.15, 0.2) is 9.84 Å². The van der Waals surface area contributed by atoms with Gasteiger partial charge in [-0.05, 0) is 42.3 Å². The standard InChI is InChI=1S/C16H16ClNO3S/c1-11-9-12(7-8-14(11)17)16(19)18-15-6-4-3-5-13(15)10-22(2,20)21/h3-9H,10H2,1-2H3,(H,18,19). The third kappa shape index (κ3) is 4.32. The summed E-state index contributed by atoms with van der Waals surface area (Å²) in [4.78, 5) is 12.3. The van der Waals surface area contributed by atoms with Gasteiger partial charge in [-0.15, -0.1) is 0 Å². The van der Waals surface area contributed by atoms with Crippen molar-refractivity contribution >= 4 is 33.0 Å². The average molecular weight is 338 g/mol. The Kier molecular flexibility index (Phi) is 4.88. The SMILES string of the molecule is Cc1cc(C(=O)Nc2ccccc2CS(C)(=O)=O)ccc1Cl. The second-order valence-corrected chi connectivity index (χ2v) is 7.69. The summed E-state index contributed by atoms with van der Waals surface area (Å²) in [6.45, 7) is 1.82. The van der Waals surface area contributed by atoms with E-state index in [9.17, 15) is 13.2 Å². The van der Waals surface area contributed by atoms with Gasteiger partial charge in [-0.1, -0.05) is 29.8 Å². The Morgan fingerprint density at radius 3 is 2.50 bits per heavy atom. The van der Waals surface area contributed by atoms with E-state index in [0.29, 0.717) is 21.8 Å². The fraction of sp³-hybridized carbons (Fsp3) is 0.188. The summed E-state index contributed by atoms with van der Waals surface area (Å²) in [7, 11) is -3.18. The van der Waals surface area contributed by atoms with E-state index in [1.807, 2.05) is 6.92 Å². The van der Waals surface area contributed by atoms with Crippen LogP contribution in [-0.2, 0) is 15.6 Å². The molecule has 0 aliphatic carbocycles. The molecule has 0 aliphatic heterocycles. The van der Waals surface area contributed by atoms with Crippen LogP contribution in [0.1, 0.15) is 21.5 Å². The van der Waals surface area contributed by atoms with Crippen LogP contribution in [0, 0.1) is 6.92 Å².